The topological polar surface area (TPSA) is 86.3 Å². The lowest BCUT2D eigenvalue weighted by molar-refractivity contribution is -0.118. The Morgan fingerprint density at radius 3 is 2.22 bits per heavy atom. The van der Waals surface area contributed by atoms with E-state index in [-0.39, 0.29) is 24.5 Å². The summed E-state index contributed by atoms with van der Waals surface area (Å²) in [5.41, 5.74) is 2.10. The molecule has 1 saturated carbocycles. The first kappa shape index (κ1) is 24.9. The lowest BCUT2D eigenvalue weighted by Crippen LogP contribution is -2.32. The highest BCUT2D eigenvalue weighted by molar-refractivity contribution is 5.95. The summed E-state index contributed by atoms with van der Waals surface area (Å²) in [4.78, 5) is 27.5. The smallest absolute Gasteiger partial charge is 0.262 e. The Labute approximate surface area is 210 Å². The van der Waals surface area contributed by atoms with E-state index in [2.05, 4.69) is 5.32 Å². The van der Waals surface area contributed by atoms with Crippen LogP contribution in [0.2, 0.25) is 0 Å². The maximum atomic E-state index is 13.3. The van der Waals surface area contributed by atoms with Gasteiger partial charge in [0, 0.05) is 41.5 Å². The Morgan fingerprint density at radius 1 is 0.861 bits per heavy atom. The summed E-state index contributed by atoms with van der Waals surface area (Å²) < 4.78 is 21.6. The van der Waals surface area contributed by atoms with E-state index < -0.39 is 0 Å². The van der Waals surface area contributed by atoms with Crippen molar-refractivity contribution >= 4 is 17.5 Å². The van der Waals surface area contributed by atoms with Crippen LogP contribution >= 0.6 is 0 Å². The number of nitrogens with zero attached hydrogens (tertiary/aromatic N) is 1. The lowest BCUT2D eigenvalue weighted by atomic mass is 10.1. The first-order valence-electron chi connectivity index (χ1n) is 11.7. The molecule has 8 heteroatoms. The van der Waals surface area contributed by atoms with Gasteiger partial charge in [0.1, 0.15) is 23.0 Å². The second kappa shape index (κ2) is 11.5. The van der Waals surface area contributed by atoms with Crippen molar-refractivity contribution < 1.29 is 28.5 Å². The second-order valence-corrected chi connectivity index (χ2v) is 8.44. The summed E-state index contributed by atoms with van der Waals surface area (Å²) in [6.45, 7) is 0.287. The predicted molar refractivity (Wildman–Crippen MR) is 136 cm³/mol. The molecule has 0 atom stereocenters. The molecule has 0 spiro atoms. The third-order valence-electron chi connectivity index (χ3n) is 5.91. The van der Waals surface area contributed by atoms with E-state index in [9.17, 15) is 9.59 Å². The Morgan fingerprint density at radius 2 is 1.56 bits per heavy atom. The summed E-state index contributed by atoms with van der Waals surface area (Å²) in [6.07, 6.45) is 1.96. The van der Waals surface area contributed by atoms with Crippen LogP contribution in [0.4, 0.5) is 5.69 Å². The monoisotopic (exact) mass is 490 g/mol. The Bertz CT molecular complexity index is 1210. The van der Waals surface area contributed by atoms with Gasteiger partial charge in [-0.05, 0) is 61.4 Å². The average Bonchev–Trinajstić information content (AvgIpc) is 3.76. The molecule has 36 heavy (non-hydrogen) atoms. The van der Waals surface area contributed by atoms with Gasteiger partial charge < -0.3 is 29.2 Å². The molecule has 8 nitrogen and oxygen atoms in total. The van der Waals surface area contributed by atoms with Crippen molar-refractivity contribution in [1.82, 2.24) is 4.90 Å². The fourth-order valence-electron chi connectivity index (χ4n) is 3.83. The molecule has 188 valence electrons. The number of rotatable bonds is 11. The van der Waals surface area contributed by atoms with E-state index >= 15 is 0 Å². The molecule has 0 aromatic heterocycles. The van der Waals surface area contributed by atoms with Crippen molar-refractivity contribution in [3.05, 3.63) is 77.9 Å². The van der Waals surface area contributed by atoms with Crippen LogP contribution in [0.1, 0.15) is 28.8 Å². The predicted octanol–water partition coefficient (Wildman–Crippen LogP) is 4.53. The van der Waals surface area contributed by atoms with Crippen molar-refractivity contribution in [2.45, 2.75) is 25.4 Å². The van der Waals surface area contributed by atoms with Gasteiger partial charge in [-0.15, -0.1) is 0 Å². The lowest BCUT2D eigenvalue weighted by Gasteiger charge is -2.24. The van der Waals surface area contributed by atoms with Crippen LogP contribution in [0.3, 0.4) is 0 Å². The number of carbonyl (C=O) groups is 2. The molecule has 2 amide bonds. The maximum absolute atomic E-state index is 13.3. The molecular formula is C28H30N2O6. The summed E-state index contributed by atoms with van der Waals surface area (Å²) >= 11 is 0. The number of carbonyl (C=O) groups excluding carboxylic acids is 2. The van der Waals surface area contributed by atoms with E-state index in [0.717, 1.165) is 18.4 Å². The molecule has 3 aromatic rings. The first-order valence-corrected chi connectivity index (χ1v) is 11.7. The Hall–Kier alpha value is -4.20. The molecule has 1 aliphatic rings. The fraction of sp³-hybridized carbons (Fsp3) is 0.286. The molecule has 0 aliphatic heterocycles. The van der Waals surface area contributed by atoms with Crippen LogP contribution in [0.15, 0.2) is 66.7 Å². The molecule has 3 aromatic carbocycles. The van der Waals surface area contributed by atoms with Gasteiger partial charge >= 0.3 is 0 Å². The normalized spacial score (nSPS) is 12.4. The molecule has 4 rings (SSSR count). The minimum Gasteiger partial charge on any atom is -0.497 e. The SMILES string of the molecule is COc1cccc(NC(=O)COc2ccc(C(=O)N(Cc3ccc(OC)cc3OC)C3CC3)cc2)c1. The third-order valence-corrected chi connectivity index (χ3v) is 5.91. The molecule has 0 heterocycles. The largest absolute Gasteiger partial charge is 0.497 e. The van der Waals surface area contributed by atoms with Crippen LogP contribution in [-0.4, -0.2) is 50.7 Å². The fourth-order valence-corrected chi connectivity index (χ4v) is 3.83. The van der Waals surface area contributed by atoms with Crippen LogP contribution < -0.4 is 24.3 Å². The minimum absolute atomic E-state index is 0.0577. The zero-order chi connectivity index (χ0) is 25.5. The van der Waals surface area contributed by atoms with Crippen molar-refractivity contribution in [1.29, 1.82) is 0 Å². The van der Waals surface area contributed by atoms with E-state index in [4.69, 9.17) is 18.9 Å². The summed E-state index contributed by atoms with van der Waals surface area (Å²) in [7, 11) is 4.78. The van der Waals surface area contributed by atoms with E-state index in [1.165, 1.54) is 0 Å². The van der Waals surface area contributed by atoms with Gasteiger partial charge in [-0.25, -0.2) is 0 Å². The number of ether oxygens (including phenoxy) is 4. The van der Waals surface area contributed by atoms with Gasteiger partial charge in [-0.2, -0.15) is 0 Å². The van der Waals surface area contributed by atoms with Crippen molar-refractivity contribution in [2.24, 2.45) is 0 Å². The number of benzene rings is 3. The number of hydrogen-bond acceptors (Lipinski definition) is 6. The number of nitrogens with one attached hydrogen (secondary N) is 1. The molecule has 0 saturated heterocycles. The van der Waals surface area contributed by atoms with E-state index in [1.54, 1.807) is 69.9 Å². The van der Waals surface area contributed by atoms with Crippen LogP contribution in [-0.2, 0) is 11.3 Å². The number of amides is 2. The standard InChI is InChI=1S/C28H30N2O6/c1-33-24-6-4-5-21(15-24)29-27(31)18-36-23-12-7-19(8-13-23)28(32)30(22-10-11-22)17-20-9-14-25(34-2)16-26(20)35-3/h4-9,12-16,22H,10-11,17-18H2,1-3H3,(H,29,31). The third kappa shape index (κ3) is 6.27. The maximum Gasteiger partial charge on any atom is 0.262 e. The van der Waals surface area contributed by atoms with Gasteiger partial charge in [0.15, 0.2) is 6.61 Å². The molecule has 0 bridgehead atoms. The van der Waals surface area contributed by atoms with Gasteiger partial charge in [0.25, 0.3) is 11.8 Å². The Balaban J connectivity index is 1.36. The molecular weight excluding hydrogens is 460 g/mol. The zero-order valence-electron chi connectivity index (χ0n) is 20.7. The van der Waals surface area contributed by atoms with Crippen molar-refractivity contribution in [3.8, 4) is 23.0 Å². The van der Waals surface area contributed by atoms with Gasteiger partial charge in [-0.1, -0.05) is 6.07 Å². The number of hydrogen-bond donors (Lipinski definition) is 1. The van der Waals surface area contributed by atoms with Crippen molar-refractivity contribution in [3.63, 3.8) is 0 Å². The molecule has 1 N–H and O–H groups in total. The van der Waals surface area contributed by atoms with E-state index in [0.29, 0.717) is 40.8 Å². The molecule has 0 unspecified atom stereocenters. The Kier molecular flexibility index (Phi) is 7.95. The van der Waals surface area contributed by atoms with Crippen LogP contribution in [0.5, 0.6) is 23.0 Å². The summed E-state index contributed by atoms with van der Waals surface area (Å²) in [6, 6.07) is 19.7. The highest BCUT2D eigenvalue weighted by Gasteiger charge is 2.33. The van der Waals surface area contributed by atoms with Crippen LogP contribution in [0, 0.1) is 0 Å². The first-order chi connectivity index (χ1) is 17.5. The van der Waals surface area contributed by atoms with Gasteiger partial charge in [-0.3, -0.25) is 9.59 Å². The molecule has 1 fully saturated rings. The quantitative estimate of drug-likeness (QED) is 0.425. The van der Waals surface area contributed by atoms with Crippen molar-refractivity contribution in [2.75, 3.05) is 33.3 Å². The highest BCUT2D eigenvalue weighted by Crippen LogP contribution is 2.33. The average molecular weight is 491 g/mol. The van der Waals surface area contributed by atoms with E-state index in [1.807, 2.05) is 23.1 Å². The highest BCUT2D eigenvalue weighted by atomic mass is 16.5. The van der Waals surface area contributed by atoms with Crippen LogP contribution in [0.25, 0.3) is 0 Å². The molecule has 0 radical (unpaired) electrons. The number of methoxy groups -OCH3 is 3. The zero-order valence-corrected chi connectivity index (χ0v) is 20.7. The summed E-state index contributed by atoms with van der Waals surface area (Å²) in [5.74, 6) is 2.19. The van der Waals surface area contributed by atoms with Gasteiger partial charge in [0.05, 0.1) is 21.3 Å². The number of anilines is 1. The minimum atomic E-state index is -0.295. The van der Waals surface area contributed by atoms with Gasteiger partial charge in [0.2, 0.25) is 0 Å². The molecule has 1 aliphatic carbocycles. The summed E-state index contributed by atoms with van der Waals surface area (Å²) in [5, 5.41) is 2.77. The second-order valence-electron chi connectivity index (χ2n) is 8.44.